The molecule has 0 aliphatic carbocycles. The fourth-order valence-electron chi connectivity index (χ4n) is 3.80. The number of fused-ring (bicyclic) bond motifs is 1. The number of ether oxygens (including phenoxy) is 3. The molecule has 12 nitrogen and oxygen atoms in total. The van der Waals surface area contributed by atoms with Crippen molar-refractivity contribution in [1.29, 1.82) is 0 Å². The Morgan fingerprint density at radius 1 is 0.971 bits per heavy atom. The third-order valence-corrected chi connectivity index (χ3v) is 5.47. The molecule has 0 spiro atoms. The number of aliphatic hydroxyl groups excluding tert-OH is 2. The van der Waals surface area contributed by atoms with E-state index < -0.39 is 70.9 Å². The monoisotopic (exact) mass is 490 g/mol. The zero-order valence-corrected chi connectivity index (χ0v) is 18.4. The van der Waals surface area contributed by atoms with Gasteiger partial charge in [0.15, 0.2) is 23.4 Å². The van der Waals surface area contributed by atoms with Crippen LogP contribution in [0.1, 0.15) is 13.8 Å². The lowest BCUT2D eigenvalue weighted by molar-refractivity contribution is -0.272. The number of hydrogen-bond acceptors (Lipinski definition) is 12. The second kappa shape index (κ2) is 8.98. The molecule has 1 aliphatic rings. The van der Waals surface area contributed by atoms with E-state index in [1.807, 2.05) is 0 Å². The Kier molecular flexibility index (Phi) is 6.19. The van der Waals surface area contributed by atoms with Gasteiger partial charge in [-0.25, -0.2) is 0 Å². The summed E-state index contributed by atoms with van der Waals surface area (Å²) in [5, 5.41) is 60.3. The van der Waals surface area contributed by atoms with Crippen molar-refractivity contribution in [3.8, 4) is 40.1 Å². The molecular weight excluding hydrogens is 468 g/mol. The average molecular weight is 490 g/mol. The lowest BCUT2D eigenvalue weighted by atomic mass is 9.99. The summed E-state index contributed by atoms with van der Waals surface area (Å²) in [7, 11) is 0. The Bertz CT molecular complexity index is 1350. The van der Waals surface area contributed by atoms with Crippen molar-refractivity contribution < 1.29 is 54.1 Å². The van der Waals surface area contributed by atoms with Gasteiger partial charge in [-0.2, -0.15) is 0 Å². The molecule has 2 heterocycles. The van der Waals surface area contributed by atoms with E-state index in [0.29, 0.717) is 0 Å². The molecular formula is C23H22O12. The molecule has 1 saturated heterocycles. The van der Waals surface area contributed by atoms with Crippen molar-refractivity contribution in [3.05, 3.63) is 40.6 Å². The van der Waals surface area contributed by atoms with Crippen LogP contribution in [-0.2, 0) is 14.3 Å². The van der Waals surface area contributed by atoms with Crippen molar-refractivity contribution in [2.24, 2.45) is 0 Å². The number of carbonyl (C=O) groups excluding carboxylic acids is 1. The van der Waals surface area contributed by atoms with Crippen LogP contribution in [-0.4, -0.2) is 67.3 Å². The minimum atomic E-state index is -1.78. The van der Waals surface area contributed by atoms with Crippen LogP contribution in [0.3, 0.4) is 0 Å². The molecule has 4 rings (SSSR count). The van der Waals surface area contributed by atoms with Gasteiger partial charge in [-0.05, 0) is 25.1 Å². The second-order valence-electron chi connectivity index (χ2n) is 8.01. The molecule has 0 bridgehead atoms. The number of benzene rings is 2. The Hall–Kier alpha value is -4.00. The molecule has 1 fully saturated rings. The lowest BCUT2D eigenvalue weighted by Crippen LogP contribution is -2.59. The third kappa shape index (κ3) is 4.41. The van der Waals surface area contributed by atoms with Gasteiger partial charge in [-0.15, -0.1) is 0 Å². The first kappa shape index (κ1) is 24.1. The van der Waals surface area contributed by atoms with Crippen LogP contribution in [0.5, 0.6) is 28.7 Å². The summed E-state index contributed by atoms with van der Waals surface area (Å²) >= 11 is 0. The van der Waals surface area contributed by atoms with Crippen LogP contribution in [0.2, 0.25) is 0 Å². The quantitative estimate of drug-likeness (QED) is 0.225. The zero-order chi connectivity index (χ0) is 25.6. The lowest BCUT2D eigenvalue weighted by Gasteiger charge is -2.40. The Labute approximate surface area is 196 Å². The predicted octanol–water partition coefficient (Wildman–Crippen LogP) is 1.06. The highest BCUT2D eigenvalue weighted by Gasteiger charge is 2.46. The number of esters is 1. The van der Waals surface area contributed by atoms with E-state index in [4.69, 9.17) is 18.6 Å². The highest BCUT2D eigenvalue weighted by Crippen LogP contribution is 2.39. The van der Waals surface area contributed by atoms with Gasteiger partial charge in [0.25, 0.3) is 0 Å². The molecule has 186 valence electrons. The molecule has 2 aromatic carbocycles. The van der Waals surface area contributed by atoms with E-state index >= 15 is 0 Å². The smallest absolute Gasteiger partial charge is 0.303 e. The normalized spacial score (nSPS) is 24.3. The molecule has 1 aromatic heterocycles. The molecule has 5 atom stereocenters. The van der Waals surface area contributed by atoms with Crippen molar-refractivity contribution in [2.45, 2.75) is 44.6 Å². The molecule has 0 saturated carbocycles. The van der Waals surface area contributed by atoms with Crippen molar-refractivity contribution in [2.75, 3.05) is 0 Å². The largest absolute Gasteiger partial charge is 0.508 e. The minimum Gasteiger partial charge on any atom is -0.508 e. The molecule has 0 amide bonds. The van der Waals surface area contributed by atoms with E-state index in [1.54, 1.807) is 0 Å². The van der Waals surface area contributed by atoms with Gasteiger partial charge in [0.2, 0.25) is 17.5 Å². The first-order valence-electron chi connectivity index (χ1n) is 10.4. The SMILES string of the molecule is CC(=O)O[C@@H]1[C@@H](O)[C@@H](O)[C@@H](Oc2c(-c3ccc(O)c(O)c3)oc3cc(O)cc(O)c3c2=O)O[C@H]1C. The van der Waals surface area contributed by atoms with E-state index in [9.17, 15) is 40.2 Å². The Morgan fingerprint density at radius 3 is 2.34 bits per heavy atom. The number of carbonyl (C=O) groups is 1. The van der Waals surface area contributed by atoms with Gasteiger partial charge in [0, 0.05) is 24.6 Å². The summed E-state index contributed by atoms with van der Waals surface area (Å²) in [4.78, 5) is 24.7. The molecule has 1 aliphatic heterocycles. The summed E-state index contributed by atoms with van der Waals surface area (Å²) in [6.45, 7) is 2.58. The van der Waals surface area contributed by atoms with E-state index in [0.717, 1.165) is 31.2 Å². The fourth-order valence-corrected chi connectivity index (χ4v) is 3.80. The maximum Gasteiger partial charge on any atom is 0.303 e. The summed E-state index contributed by atoms with van der Waals surface area (Å²) in [5.74, 6) is -3.59. The predicted molar refractivity (Wildman–Crippen MR) is 117 cm³/mol. The second-order valence-corrected chi connectivity index (χ2v) is 8.01. The van der Waals surface area contributed by atoms with Gasteiger partial charge in [0.05, 0.1) is 6.10 Å². The number of rotatable bonds is 4. The van der Waals surface area contributed by atoms with Gasteiger partial charge in [-0.3, -0.25) is 9.59 Å². The third-order valence-electron chi connectivity index (χ3n) is 5.47. The average Bonchev–Trinajstić information content (AvgIpc) is 2.77. The topological polar surface area (TPSA) is 196 Å². The summed E-state index contributed by atoms with van der Waals surface area (Å²) in [6, 6.07) is 5.48. The van der Waals surface area contributed by atoms with Gasteiger partial charge < -0.3 is 49.3 Å². The van der Waals surface area contributed by atoms with E-state index in [-0.39, 0.29) is 22.3 Å². The highest BCUT2D eigenvalue weighted by molar-refractivity contribution is 5.88. The molecule has 12 heteroatoms. The fraction of sp³-hybridized carbons (Fsp3) is 0.304. The number of hydrogen-bond donors (Lipinski definition) is 6. The minimum absolute atomic E-state index is 0.0498. The first-order chi connectivity index (χ1) is 16.5. The Balaban J connectivity index is 1.84. The number of aromatic hydroxyl groups is 4. The van der Waals surface area contributed by atoms with Crippen LogP contribution < -0.4 is 10.2 Å². The van der Waals surface area contributed by atoms with Gasteiger partial charge in [-0.1, -0.05) is 0 Å². The highest BCUT2D eigenvalue weighted by atomic mass is 16.7. The van der Waals surface area contributed by atoms with Crippen LogP contribution in [0.25, 0.3) is 22.3 Å². The molecule has 3 aromatic rings. The molecule has 35 heavy (non-hydrogen) atoms. The van der Waals surface area contributed by atoms with Gasteiger partial charge >= 0.3 is 5.97 Å². The summed E-state index contributed by atoms with van der Waals surface area (Å²) in [6.07, 6.45) is -7.22. The first-order valence-corrected chi connectivity index (χ1v) is 10.4. The Morgan fingerprint density at radius 2 is 1.69 bits per heavy atom. The van der Waals surface area contributed by atoms with Crippen molar-refractivity contribution in [3.63, 3.8) is 0 Å². The summed E-state index contributed by atoms with van der Waals surface area (Å²) in [5.41, 5.74) is -1.10. The van der Waals surface area contributed by atoms with Crippen LogP contribution in [0, 0.1) is 0 Å². The van der Waals surface area contributed by atoms with Crippen molar-refractivity contribution >= 4 is 16.9 Å². The molecule has 0 radical (unpaired) electrons. The number of phenols is 4. The molecule has 6 N–H and O–H groups in total. The van der Waals surface area contributed by atoms with Gasteiger partial charge in [0.1, 0.15) is 34.7 Å². The number of aliphatic hydroxyl groups is 2. The standard InChI is InChI=1S/C23H22O12/c1-8-20(33-9(2)24)18(30)19(31)23(32-8)35-22-17(29)16-14(28)6-11(25)7-15(16)34-21(22)10-3-4-12(26)13(27)5-10/h3-8,18-20,23,25-28,30-31H,1-2H3/t8-,18-,19+,20-,23+/m0/s1. The maximum absolute atomic E-state index is 13.4. The maximum atomic E-state index is 13.4. The van der Waals surface area contributed by atoms with E-state index in [2.05, 4.69) is 0 Å². The zero-order valence-electron chi connectivity index (χ0n) is 18.4. The summed E-state index contributed by atoms with van der Waals surface area (Å²) < 4.78 is 21.9. The van der Waals surface area contributed by atoms with Crippen LogP contribution in [0.15, 0.2) is 39.5 Å². The van der Waals surface area contributed by atoms with Crippen LogP contribution in [0.4, 0.5) is 0 Å². The molecule has 0 unspecified atom stereocenters. The van der Waals surface area contributed by atoms with Crippen molar-refractivity contribution in [1.82, 2.24) is 0 Å². The van der Waals surface area contributed by atoms with Crippen LogP contribution >= 0.6 is 0 Å². The van der Waals surface area contributed by atoms with E-state index in [1.165, 1.54) is 13.0 Å². The number of phenolic OH excluding ortho intramolecular Hbond substituents is 4.